The highest BCUT2D eigenvalue weighted by Gasteiger charge is 2.12. The van der Waals surface area contributed by atoms with Gasteiger partial charge < -0.3 is 15.1 Å². The van der Waals surface area contributed by atoms with Crippen LogP contribution in [0.1, 0.15) is 54.6 Å². The molecule has 1 amide bonds. The fourth-order valence-corrected chi connectivity index (χ4v) is 2.65. The molecule has 1 saturated carbocycles. The maximum absolute atomic E-state index is 11.8. The van der Waals surface area contributed by atoms with Gasteiger partial charge in [-0.3, -0.25) is 4.79 Å². The molecule has 0 radical (unpaired) electrons. The molecule has 5 heteroatoms. The van der Waals surface area contributed by atoms with Crippen molar-refractivity contribution in [1.29, 1.82) is 0 Å². The highest BCUT2D eigenvalue weighted by Crippen LogP contribution is 2.16. The lowest BCUT2D eigenvalue weighted by Gasteiger charge is -2.16. The van der Waals surface area contributed by atoms with E-state index in [0.717, 1.165) is 6.54 Å². The van der Waals surface area contributed by atoms with Crippen LogP contribution in [0.5, 0.6) is 0 Å². The molecule has 1 heterocycles. The number of hydrogen-bond acceptors (Lipinski definition) is 3. The van der Waals surface area contributed by atoms with E-state index in [4.69, 9.17) is 4.42 Å². The summed E-state index contributed by atoms with van der Waals surface area (Å²) in [5, 5.41) is 6.46. The minimum atomic E-state index is -0.0473. The molecule has 1 fully saturated rings. The normalized spacial score (nSPS) is 16.2. The van der Waals surface area contributed by atoms with E-state index in [-0.39, 0.29) is 18.3 Å². The van der Waals surface area contributed by atoms with Crippen molar-refractivity contribution in [2.75, 3.05) is 13.1 Å². The first-order valence-electron chi connectivity index (χ1n) is 7.33. The van der Waals surface area contributed by atoms with Crippen LogP contribution >= 0.6 is 12.4 Å². The lowest BCUT2D eigenvalue weighted by atomic mass is 10.1. The molecule has 0 unspecified atom stereocenters. The van der Waals surface area contributed by atoms with Gasteiger partial charge in [0.15, 0.2) is 0 Å². The van der Waals surface area contributed by atoms with Crippen molar-refractivity contribution in [2.45, 2.75) is 51.5 Å². The number of rotatable bonds is 5. The van der Waals surface area contributed by atoms with Crippen molar-refractivity contribution in [2.24, 2.45) is 0 Å². The standard InChI is InChI=1S/C15H24N2O2.ClH/c1-12-14(8-11-19-12)15(18)17-10-9-16-13-6-4-2-3-5-7-13;/h8,11,13,16H,2-7,9-10H2,1H3,(H,17,18);1H. The first-order valence-corrected chi connectivity index (χ1v) is 7.33. The van der Waals surface area contributed by atoms with Crippen LogP contribution in [0.3, 0.4) is 0 Å². The second kappa shape index (κ2) is 9.03. The van der Waals surface area contributed by atoms with Crippen molar-refractivity contribution in [3.63, 3.8) is 0 Å². The molecule has 2 N–H and O–H groups in total. The number of carbonyl (C=O) groups is 1. The SMILES string of the molecule is Cc1occc1C(=O)NCCNC1CCCCCC1.Cl. The van der Waals surface area contributed by atoms with E-state index in [1.54, 1.807) is 19.3 Å². The van der Waals surface area contributed by atoms with E-state index in [2.05, 4.69) is 10.6 Å². The van der Waals surface area contributed by atoms with Gasteiger partial charge in [0, 0.05) is 19.1 Å². The van der Waals surface area contributed by atoms with Gasteiger partial charge in [-0.25, -0.2) is 0 Å². The van der Waals surface area contributed by atoms with Gasteiger partial charge in [-0.15, -0.1) is 12.4 Å². The van der Waals surface area contributed by atoms with Gasteiger partial charge in [0.25, 0.3) is 5.91 Å². The lowest BCUT2D eigenvalue weighted by Crippen LogP contribution is -2.36. The molecule has 1 aliphatic rings. The Labute approximate surface area is 127 Å². The number of aryl methyl sites for hydroxylation is 1. The van der Waals surface area contributed by atoms with Crippen molar-refractivity contribution in [3.05, 3.63) is 23.7 Å². The molecule has 114 valence electrons. The van der Waals surface area contributed by atoms with Gasteiger partial charge in [0.2, 0.25) is 0 Å². The van der Waals surface area contributed by atoms with Gasteiger partial charge in [0.1, 0.15) is 5.76 Å². The largest absolute Gasteiger partial charge is 0.469 e. The molecule has 1 aliphatic carbocycles. The average Bonchev–Trinajstić information content (AvgIpc) is 2.68. The van der Waals surface area contributed by atoms with Crippen LogP contribution in [-0.2, 0) is 0 Å². The van der Waals surface area contributed by atoms with Gasteiger partial charge in [0.05, 0.1) is 11.8 Å². The fourth-order valence-electron chi connectivity index (χ4n) is 2.65. The first-order chi connectivity index (χ1) is 9.27. The highest BCUT2D eigenvalue weighted by atomic mass is 35.5. The zero-order chi connectivity index (χ0) is 13.5. The van der Waals surface area contributed by atoms with E-state index >= 15 is 0 Å². The third kappa shape index (κ3) is 5.17. The molecule has 1 aromatic heterocycles. The Morgan fingerprint density at radius 1 is 1.25 bits per heavy atom. The molecular weight excluding hydrogens is 276 g/mol. The number of amides is 1. The third-order valence-electron chi connectivity index (χ3n) is 3.80. The smallest absolute Gasteiger partial charge is 0.254 e. The van der Waals surface area contributed by atoms with E-state index in [0.29, 0.717) is 23.9 Å². The number of halogens is 1. The molecule has 20 heavy (non-hydrogen) atoms. The van der Waals surface area contributed by atoms with Crippen LogP contribution in [0.25, 0.3) is 0 Å². The Hall–Kier alpha value is -1.00. The van der Waals surface area contributed by atoms with Gasteiger partial charge in [-0.05, 0) is 25.8 Å². The summed E-state index contributed by atoms with van der Waals surface area (Å²) in [6.07, 6.45) is 9.50. The monoisotopic (exact) mass is 300 g/mol. The maximum Gasteiger partial charge on any atom is 0.254 e. The summed E-state index contributed by atoms with van der Waals surface area (Å²) >= 11 is 0. The molecule has 4 nitrogen and oxygen atoms in total. The Morgan fingerprint density at radius 3 is 2.55 bits per heavy atom. The Balaban J connectivity index is 0.00000200. The van der Waals surface area contributed by atoms with Crippen LogP contribution < -0.4 is 10.6 Å². The summed E-state index contributed by atoms with van der Waals surface area (Å²) in [7, 11) is 0. The molecule has 0 bridgehead atoms. The summed E-state index contributed by atoms with van der Waals surface area (Å²) in [5.41, 5.74) is 0.634. The van der Waals surface area contributed by atoms with Gasteiger partial charge in [-0.1, -0.05) is 25.7 Å². The van der Waals surface area contributed by atoms with E-state index in [9.17, 15) is 4.79 Å². The highest BCUT2D eigenvalue weighted by molar-refractivity contribution is 5.94. The summed E-state index contributed by atoms with van der Waals surface area (Å²) in [4.78, 5) is 11.8. The number of nitrogens with one attached hydrogen (secondary N) is 2. The predicted octanol–water partition coefficient (Wildman–Crippen LogP) is 3.05. The summed E-state index contributed by atoms with van der Waals surface area (Å²) in [6, 6.07) is 2.35. The van der Waals surface area contributed by atoms with Crippen LogP contribution in [0.15, 0.2) is 16.7 Å². The minimum absolute atomic E-state index is 0. The Kier molecular flexibility index (Phi) is 7.70. The quantitative estimate of drug-likeness (QED) is 0.649. The van der Waals surface area contributed by atoms with Crippen LogP contribution in [0.2, 0.25) is 0 Å². The number of carbonyl (C=O) groups excluding carboxylic acids is 1. The molecule has 0 saturated heterocycles. The fraction of sp³-hybridized carbons (Fsp3) is 0.667. The maximum atomic E-state index is 11.8. The first kappa shape index (κ1) is 17.1. The van der Waals surface area contributed by atoms with E-state index in [1.807, 2.05) is 0 Å². The van der Waals surface area contributed by atoms with Crippen molar-refractivity contribution < 1.29 is 9.21 Å². The zero-order valence-corrected chi connectivity index (χ0v) is 12.9. The summed E-state index contributed by atoms with van der Waals surface area (Å²) < 4.78 is 5.12. The van der Waals surface area contributed by atoms with Crippen LogP contribution in [0.4, 0.5) is 0 Å². The molecule has 0 aromatic carbocycles. The zero-order valence-electron chi connectivity index (χ0n) is 12.1. The van der Waals surface area contributed by atoms with Crippen LogP contribution in [0, 0.1) is 6.92 Å². The molecule has 0 spiro atoms. The second-order valence-electron chi connectivity index (χ2n) is 5.29. The third-order valence-corrected chi connectivity index (χ3v) is 3.80. The lowest BCUT2D eigenvalue weighted by molar-refractivity contribution is 0.0952. The second-order valence-corrected chi connectivity index (χ2v) is 5.29. The predicted molar refractivity (Wildman–Crippen MR) is 82.5 cm³/mol. The molecule has 1 aromatic rings. The minimum Gasteiger partial charge on any atom is -0.469 e. The summed E-state index contributed by atoms with van der Waals surface area (Å²) in [5.74, 6) is 0.628. The Morgan fingerprint density at radius 2 is 1.95 bits per heavy atom. The Bertz CT molecular complexity index is 398. The number of hydrogen-bond donors (Lipinski definition) is 2. The topological polar surface area (TPSA) is 54.3 Å². The van der Waals surface area contributed by atoms with E-state index < -0.39 is 0 Å². The molecule has 0 aliphatic heterocycles. The van der Waals surface area contributed by atoms with Gasteiger partial charge >= 0.3 is 0 Å². The summed E-state index contributed by atoms with van der Waals surface area (Å²) in [6.45, 7) is 3.31. The van der Waals surface area contributed by atoms with E-state index in [1.165, 1.54) is 38.5 Å². The molecule has 0 atom stereocenters. The van der Waals surface area contributed by atoms with Crippen molar-refractivity contribution in [3.8, 4) is 0 Å². The van der Waals surface area contributed by atoms with Crippen molar-refractivity contribution in [1.82, 2.24) is 10.6 Å². The number of furan rings is 1. The average molecular weight is 301 g/mol. The van der Waals surface area contributed by atoms with Crippen molar-refractivity contribution >= 4 is 18.3 Å². The molecular formula is C15H25ClN2O2. The molecule has 2 rings (SSSR count). The van der Waals surface area contributed by atoms with Crippen LogP contribution in [-0.4, -0.2) is 25.0 Å². The van der Waals surface area contributed by atoms with Gasteiger partial charge in [-0.2, -0.15) is 0 Å².